The molecule has 0 saturated heterocycles. The number of amides is 1. The molecular weight excluding hydrogens is 266 g/mol. The lowest BCUT2D eigenvalue weighted by Crippen LogP contribution is -2.29. The summed E-state index contributed by atoms with van der Waals surface area (Å²) in [7, 11) is 0. The van der Waals surface area contributed by atoms with Crippen LogP contribution in [0.5, 0.6) is 5.75 Å². The van der Waals surface area contributed by atoms with Gasteiger partial charge in [0.1, 0.15) is 5.75 Å². The molecule has 0 aliphatic heterocycles. The van der Waals surface area contributed by atoms with Gasteiger partial charge in [-0.2, -0.15) is 5.26 Å². The van der Waals surface area contributed by atoms with E-state index in [2.05, 4.69) is 29.7 Å². The number of carbonyl (C=O) groups is 1. The molecule has 5 heteroatoms. The number of aryl methyl sites for hydroxylation is 2. The van der Waals surface area contributed by atoms with E-state index < -0.39 is 0 Å². The number of ether oxygens (including phenoxy) is 1. The van der Waals surface area contributed by atoms with Crippen LogP contribution in [0.15, 0.2) is 12.1 Å². The van der Waals surface area contributed by atoms with Crippen LogP contribution in [0.25, 0.3) is 0 Å². The Bertz CT molecular complexity index is 498. The zero-order chi connectivity index (χ0) is 15.7. The second-order valence-corrected chi connectivity index (χ2v) is 4.89. The summed E-state index contributed by atoms with van der Waals surface area (Å²) in [6.07, 6.45) is 0.308. The summed E-state index contributed by atoms with van der Waals surface area (Å²) in [6.45, 7) is 8.11. The van der Waals surface area contributed by atoms with Gasteiger partial charge in [0.05, 0.1) is 12.5 Å². The van der Waals surface area contributed by atoms with Gasteiger partial charge in [0.15, 0.2) is 6.61 Å². The van der Waals surface area contributed by atoms with Gasteiger partial charge in [0.25, 0.3) is 5.91 Å². The average molecular weight is 289 g/mol. The van der Waals surface area contributed by atoms with Gasteiger partial charge in [-0.3, -0.25) is 4.79 Å². The predicted octanol–water partition coefficient (Wildman–Crippen LogP) is 1.82. The number of benzene rings is 1. The van der Waals surface area contributed by atoms with Gasteiger partial charge in [0, 0.05) is 13.1 Å². The molecule has 0 aliphatic rings. The first-order valence-corrected chi connectivity index (χ1v) is 7.15. The fourth-order valence-electron chi connectivity index (χ4n) is 2.09. The second kappa shape index (κ2) is 8.98. The molecule has 0 fully saturated rings. The molecule has 5 nitrogen and oxygen atoms in total. The first kappa shape index (κ1) is 17.0. The Labute approximate surface area is 126 Å². The van der Waals surface area contributed by atoms with E-state index in [9.17, 15) is 4.79 Å². The quantitative estimate of drug-likeness (QED) is 0.716. The predicted molar refractivity (Wildman–Crippen MR) is 82.0 cm³/mol. The Morgan fingerprint density at radius 2 is 2.00 bits per heavy atom. The van der Waals surface area contributed by atoms with Crippen LogP contribution >= 0.6 is 0 Å². The maximum absolute atomic E-state index is 11.6. The Morgan fingerprint density at radius 3 is 2.57 bits per heavy atom. The molecule has 0 atom stereocenters. The smallest absolute Gasteiger partial charge is 0.257 e. The van der Waals surface area contributed by atoms with Gasteiger partial charge < -0.3 is 15.4 Å². The minimum absolute atomic E-state index is 0.0281. The van der Waals surface area contributed by atoms with Crippen LogP contribution in [0.3, 0.4) is 0 Å². The summed E-state index contributed by atoms with van der Waals surface area (Å²) < 4.78 is 5.60. The van der Waals surface area contributed by atoms with E-state index >= 15 is 0 Å². The summed E-state index contributed by atoms with van der Waals surface area (Å²) in [5.74, 6) is 0.548. The van der Waals surface area contributed by atoms with Gasteiger partial charge >= 0.3 is 0 Å². The summed E-state index contributed by atoms with van der Waals surface area (Å²) in [5, 5.41) is 14.3. The van der Waals surface area contributed by atoms with Crippen molar-refractivity contribution >= 4 is 5.91 Å². The van der Waals surface area contributed by atoms with Crippen LogP contribution in [0, 0.1) is 25.2 Å². The largest absolute Gasteiger partial charge is 0.483 e. The molecule has 0 aromatic heterocycles. The normalized spacial score (nSPS) is 10.0. The third-order valence-corrected chi connectivity index (χ3v) is 3.01. The SMILES string of the molecule is CCNCc1cc(C)c(OCC(=O)NCCC#N)c(C)c1. The molecule has 114 valence electrons. The first-order valence-electron chi connectivity index (χ1n) is 7.15. The number of hydrogen-bond acceptors (Lipinski definition) is 4. The van der Waals surface area contributed by atoms with Crippen LogP contribution < -0.4 is 15.4 Å². The zero-order valence-electron chi connectivity index (χ0n) is 13.0. The molecule has 0 unspecified atom stereocenters. The third-order valence-electron chi connectivity index (χ3n) is 3.01. The number of nitrogens with zero attached hydrogens (tertiary/aromatic N) is 1. The Kier molecular flexibility index (Phi) is 7.27. The number of hydrogen-bond donors (Lipinski definition) is 2. The van der Waals surface area contributed by atoms with E-state index in [-0.39, 0.29) is 12.5 Å². The van der Waals surface area contributed by atoms with Crippen molar-refractivity contribution in [2.75, 3.05) is 19.7 Å². The molecular formula is C16H23N3O2. The maximum Gasteiger partial charge on any atom is 0.257 e. The molecule has 0 bridgehead atoms. The fourth-order valence-corrected chi connectivity index (χ4v) is 2.09. The van der Waals surface area contributed by atoms with Crippen LogP contribution in [-0.4, -0.2) is 25.6 Å². The van der Waals surface area contributed by atoms with Crippen molar-refractivity contribution in [2.24, 2.45) is 0 Å². The number of rotatable bonds is 8. The molecule has 1 rings (SSSR count). The second-order valence-electron chi connectivity index (χ2n) is 4.89. The molecule has 0 spiro atoms. The van der Waals surface area contributed by atoms with E-state index in [1.54, 1.807) is 0 Å². The van der Waals surface area contributed by atoms with Crippen molar-refractivity contribution in [3.63, 3.8) is 0 Å². The topological polar surface area (TPSA) is 74.2 Å². The van der Waals surface area contributed by atoms with Crippen LogP contribution in [-0.2, 0) is 11.3 Å². The Morgan fingerprint density at radius 1 is 1.33 bits per heavy atom. The van der Waals surface area contributed by atoms with E-state index in [1.165, 1.54) is 5.56 Å². The zero-order valence-corrected chi connectivity index (χ0v) is 13.0. The van der Waals surface area contributed by atoms with Crippen molar-refractivity contribution in [3.05, 3.63) is 28.8 Å². The molecule has 0 aliphatic carbocycles. The number of nitrogens with one attached hydrogen (secondary N) is 2. The third kappa shape index (κ3) is 5.84. The van der Waals surface area contributed by atoms with E-state index in [1.807, 2.05) is 19.9 Å². The molecule has 0 radical (unpaired) electrons. The summed E-state index contributed by atoms with van der Waals surface area (Å²) in [6, 6.07) is 6.11. The summed E-state index contributed by atoms with van der Waals surface area (Å²) in [4.78, 5) is 11.6. The first-order chi connectivity index (χ1) is 10.1. The van der Waals surface area contributed by atoms with Gasteiger partial charge in [-0.05, 0) is 37.1 Å². The lowest BCUT2D eigenvalue weighted by atomic mass is 10.1. The van der Waals surface area contributed by atoms with Crippen molar-refractivity contribution in [1.82, 2.24) is 10.6 Å². The highest BCUT2D eigenvalue weighted by molar-refractivity contribution is 5.77. The Balaban J connectivity index is 2.59. The van der Waals surface area contributed by atoms with Gasteiger partial charge in [-0.25, -0.2) is 0 Å². The molecule has 1 amide bonds. The average Bonchev–Trinajstić information content (AvgIpc) is 2.44. The summed E-state index contributed by atoms with van der Waals surface area (Å²) >= 11 is 0. The Hall–Kier alpha value is -2.06. The van der Waals surface area contributed by atoms with Gasteiger partial charge in [-0.15, -0.1) is 0 Å². The molecule has 0 saturated carbocycles. The fraction of sp³-hybridized carbons (Fsp3) is 0.500. The summed E-state index contributed by atoms with van der Waals surface area (Å²) in [5.41, 5.74) is 3.25. The minimum Gasteiger partial charge on any atom is -0.483 e. The van der Waals surface area contributed by atoms with Crippen molar-refractivity contribution in [1.29, 1.82) is 5.26 Å². The van der Waals surface area contributed by atoms with Crippen LogP contribution in [0.4, 0.5) is 0 Å². The van der Waals surface area contributed by atoms with Crippen molar-refractivity contribution in [3.8, 4) is 11.8 Å². The highest BCUT2D eigenvalue weighted by Gasteiger charge is 2.09. The monoisotopic (exact) mass is 289 g/mol. The minimum atomic E-state index is -0.208. The molecule has 1 aromatic carbocycles. The van der Waals surface area contributed by atoms with Crippen LogP contribution in [0.2, 0.25) is 0 Å². The van der Waals surface area contributed by atoms with Gasteiger partial charge in [-0.1, -0.05) is 19.1 Å². The molecule has 21 heavy (non-hydrogen) atoms. The van der Waals surface area contributed by atoms with Crippen LogP contribution in [0.1, 0.15) is 30.0 Å². The molecule has 0 heterocycles. The van der Waals surface area contributed by atoms with E-state index in [0.29, 0.717) is 13.0 Å². The lowest BCUT2D eigenvalue weighted by molar-refractivity contribution is -0.123. The highest BCUT2D eigenvalue weighted by Crippen LogP contribution is 2.24. The highest BCUT2D eigenvalue weighted by atomic mass is 16.5. The molecule has 2 N–H and O–H groups in total. The van der Waals surface area contributed by atoms with E-state index in [0.717, 1.165) is 30.0 Å². The van der Waals surface area contributed by atoms with Gasteiger partial charge in [0.2, 0.25) is 0 Å². The molecule has 1 aromatic rings. The van der Waals surface area contributed by atoms with E-state index in [4.69, 9.17) is 10.00 Å². The standard InChI is InChI=1S/C16H23N3O2/c1-4-18-10-14-8-12(2)16(13(3)9-14)21-11-15(20)19-7-5-6-17/h8-9,18H,4-5,7,10-11H2,1-3H3,(H,19,20). The lowest BCUT2D eigenvalue weighted by Gasteiger charge is -2.14. The number of carbonyl (C=O) groups excluding carboxylic acids is 1. The van der Waals surface area contributed by atoms with Crippen molar-refractivity contribution < 1.29 is 9.53 Å². The number of nitriles is 1. The van der Waals surface area contributed by atoms with Crippen molar-refractivity contribution in [2.45, 2.75) is 33.7 Å². The maximum atomic E-state index is 11.6.